The number of rotatable bonds is 7. The molecule has 0 aliphatic carbocycles. The number of hydrogen-bond acceptors (Lipinski definition) is 1. The van der Waals surface area contributed by atoms with E-state index in [2.05, 4.69) is 216 Å². The predicted octanol–water partition coefficient (Wildman–Crippen LogP) is 13.3. The van der Waals surface area contributed by atoms with Gasteiger partial charge in [0.2, 0.25) is 0 Å². The molecule has 0 aliphatic heterocycles. The maximum atomic E-state index is 2.42. The first-order valence-electron chi connectivity index (χ1n) is 17.1. The van der Waals surface area contributed by atoms with E-state index in [1.54, 1.807) is 0 Å². The highest BCUT2D eigenvalue weighted by atomic mass is 15.1. The Balaban J connectivity index is 1.13. The van der Waals surface area contributed by atoms with Crippen molar-refractivity contribution in [3.05, 3.63) is 206 Å². The summed E-state index contributed by atoms with van der Waals surface area (Å²) in [5, 5.41) is 2.53. The van der Waals surface area contributed by atoms with Crippen molar-refractivity contribution in [3.63, 3.8) is 0 Å². The third kappa shape index (κ3) is 5.24. The average molecular weight is 639 g/mol. The van der Waals surface area contributed by atoms with Gasteiger partial charge in [0, 0.05) is 33.4 Å². The van der Waals surface area contributed by atoms with Crippen LogP contribution < -0.4 is 4.90 Å². The lowest BCUT2D eigenvalue weighted by Crippen LogP contribution is -2.09. The van der Waals surface area contributed by atoms with E-state index in [9.17, 15) is 0 Å². The molecule has 50 heavy (non-hydrogen) atoms. The smallest absolute Gasteiger partial charge is 0.0541 e. The van der Waals surface area contributed by atoms with Crippen LogP contribution in [-0.4, -0.2) is 4.57 Å². The number of benzene rings is 8. The second kappa shape index (κ2) is 12.8. The lowest BCUT2D eigenvalue weighted by atomic mass is 9.93. The summed E-state index contributed by atoms with van der Waals surface area (Å²) in [5.41, 5.74) is 14.1. The Morgan fingerprint density at radius 2 is 0.700 bits per heavy atom. The van der Waals surface area contributed by atoms with Crippen molar-refractivity contribution in [1.29, 1.82) is 0 Å². The lowest BCUT2D eigenvalue weighted by molar-refractivity contribution is 1.18. The second-order valence-corrected chi connectivity index (χ2v) is 12.6. The van der Waals surface area contributed by atoms with Gasteiger partial charge in [-0.2, -0.15) is 0 Å². The lowest BCUT2D eigenvalue weighted by Gasteiger charge is -2.26. The summed E-state index contributed by atoms with van der Waals surface area (Å²) in [5.74, 6) is 0. The van der Waals surface area contributed by atoms with Gasteiger partial charge in [-0.25, -0.2) is 0 Å². The van der Waals surface area contributed by atoms with E-state index in [0.29, 0.717) is 0 Å². The zero-order chi connectivity index (χ0) is 33.3. The molecule has 0 radical (unpaired) electrons. The van der Waals surface area contributed by atoms with Crippen LogP contribution >= 0.6 is 0 Å². The largest absolute Gasteiger partial charge is 0.311 e. The summed E-state index contributed by atoms with van der Waals surface area (Å²) >= 11 is 0. The molecule has 0 aliphatic rings. The van der Waals surface area contributed by atoms with Gasteiger partial charge in [-0.3, -0.25) is 0 Å². The van der Waals surface area contributed by atoms with Crippen LogP contribution in [0.3, 0.4) is 0 Å². The molecule has 2 heteroatoms. The van der Waals surface area contributed by atoms with Crippen molar-refractivity contribution in [2.24, 2.45) is 0 Å². The van der Waals surface area contributed by atoms with E-state index < -0.39 is 0 Å². The molecule has 0 saturated carbocycles. The third-order valence-corrected chi connectivity index (χ3v) is 9.63. The van der Waals surface area contributed by atoms with Gasteiger partial charge in [0.1, 0.15) is 0 Å². The Hall–Kier alpha value is -6.64. The van der Waals surface area contributed by atoms with Crippen molar-refractivity contribution < 1.29 is 0 Å². The van der Waals surface area contributed by atoms with Crippen molar-refractivity contribution >= 4 is 38.9 Å². The minimum absolute atomic E-state index is 1.11. The van der Waals surface area contributed by atoms with Crippen LogP contribution in [0.2, 0.25) is 0 Å². The summed E-state index contributed by atoms with van der Waals surface area (Å²) in [6, 6.07) is 73.9. The Labute approximate surface area is 292 Å². The van der Waals surface area contributed by atoms with Crippen molar-refractivity contribution in [1.82, 2.24) is 4.57 Å². The number of nitrogens with zero attached hydrogens (tertiary/aromatic N) is 2. The van der Waals surface area contributed by atoms with E-state index in [4.69, 9.17) is 0 Å². The number of anilines is 3. The summed E-state index contributed by atoms with van der Waals surface area (Å²) in [6.07, 6.45) is 0. The molecular formula is C48H34N2. The molecule has 0 bridgehead atoms. The summed E-state index contributed by atoms with van der Waals surface area (Å²) in [6.45, 7) is 0. The summed E-state index contributed by atoms with van der Waals surface area (Å²) in [4.78, 5) is 2.32. The monoisotopic (exact) mass is 638 g/mol. The van der Waals surface area contributed by atoms with Crippen LogP contribution in [0.25, 0.3) is 60.9 Å². The van der Waals surface area contributed by atoms with E-state index >= 15 is 0 Å². The van der Waals surface area contributed by atoms with Crippen LogP contribution in [0, 0.1) is 0 Å². The maximum Gasteiger partial charge on any atom is 0.0541 e. The van der Waals surface area contributed by atoms with Crippen LogP contribution in [0.4, 0.5) is 17.1 Å². The topological polar surface area (TPSA) is 8.17 Å². The predicted molar refractivity (Wildman–Crippen MR) is 212 cm³/mol. The Kier molecular flexibility index (Phi) is 7.53. The molecule has 0 fully saturated rings. The summed E-state index contributed by atoms with van der Waals surface area (Å²) in [7, 11) is 0. The van der Waals surface area contributed by atoms with Gasteiger partial charge in [0.15, 0.2) is 0 Å². The van der Waals surface area contributed by atoms with E-state index in [1.165, 1.54) is 60.9 Å². The fraction of sp³-hybridized carbons (Fsp3) is 0. The van der Waals surface area contributed by atoms with E-state index in [-0.39, 0.29) is 0 Å². The normalized spacial score (nSPS) is 11.2. The molecule has 0 spiro atoms. The fourth-order valence-corrected chi connectivity index (χ4v) is 7.30. The number of hydrogen-bond donors (Lipinski definition) is 0. The maximum absolute atomic E-state index is 2.42. The highest BCUT2D eigenvalue weighted by Gasteiger charge is 2.18. The average Bonchev–Trinajstić information content (AvgIpc) is 3.54. The SMILES string of the molecule is c1ccc(-c2ccc(N(c3ccccc3)c3ccc(-c4ccccc4-c4ccccc4-n4c5ccccc5c5ccccc54)cc3)cc2)cc1. The molecule has 1 aromatic heterocycles. The fourth-order valence-electron chi connectivity index (χ4n) is 7.30. The minimum atomic E-state index is 1.11. The third-order valence-electron chi connectivity index (χ3n) is 9.63. The van der Waals surface area contributed by atoms with Crippen molar-refractivity contribution in [2.75, 3.05) is 4.90 Å². The van der Waals surface area contributed by atoms with Crippen LogP contribution in [0.1, 0.15) is 0 Å². The summed E-state index contributed by atoms with van der Waals surface area (Å²) < 4.78 is 2.42. The van der Waals surface area contributed by atoms with Gasteiger partial charge in [-0.15, -0.1) is 0 Å². The highest BCUT2D eigenvalue weighted by Crippen LogP contribution is 2.41. The number of para-hydroxylation sites is 4. The van der Waals surface area contributed by atoms with Crippen LogP contribution in [0.5, 0.6) is 0 Å². The zero-order valence-corrected chi connectivity index (χ0v) is 27.5. The number of aromatic nitrogens is 1. The molecule has 1 heterocycles. The van der Waals surface area contributed by atoms with Crippen LogP contribution in [-0.2, 0) is 0 Å². The highest BCUT2D eigenvalue weighted by molar-refractivity contribution is 6.10. The molecule has 0 saturated heterocycles. The molecule has 0 N–H and O–H groups in total. The van der Waals surface area contributed by atoms with Gasteiger partial charge < -0.3 is 9.47 Å². The van der Waals surface area contributed by atoms with Gasteiger partial charge >= 0.3 is 0 Å². The number of fused-ring (bicyclic) bond motifs is 3. The van der Waals surface area contributed by atoms with Gasteiger partial charge in [-0.1, -0.05) is 152 Å². The Bertz CT molecular complexity index is 2510. The first-order valence-corrected chi connectivity index (χ1v) is 17.1. The second-order valence-electron chi connectivity index (χ2n) is 12.6. The van der Waals surface area contributed by atoms with Gasteiger partial charge in [0.05, 0.1) is 16.7 Å². The zero-order valence-electron chi connectivity index (χ0n) is 27.5. The molecule has 0 atom stereocenters. The van der Waals surface area contributed by atoms with Gasteiger partial charge in [0.25, 0.3) is 0 Å². The quantitative estimate of drug-likeness (QED) is 0.169. The molecule has 9 rings (SSSR count). The minimum Gasteiger partial charge on any atom is -0.311 e. The molecule has 0 unspecified atom stereocenters. The molecule has 236 valence electrons. The van der Waals surface area contributed by atoms with Crippen LogP contribution in [0.15, 0.2) is 206 Å². The molecule has 9 aromatic rings. The molecule has 2 nitrogen and oxygen atoms in total. The van der Waals surface area contributed by atoms with Gasteiger partial charge in [-0.05, 0) is 82.4 Å². The van der Waals surface area contributed by atoms with Crippen molar-refractivity contribution in [2.45, 2.75) is 0 Å². The van der Waals surface area contributed by atoms with E-state index in [1.807, 2.05) is 0 Å². The Morgan fingerprint density at radius 1 is 0.280 bits per heavy atom. The molecule has 0 amide bonds. The molecule has 8 aromatic carbocycles. The van der Waals surface area contributed by atoms with E-state index in [0.717, 1.165) is 17.1 Å². The first-order chi connectivity index (χ1) is 24.8. The van der Waals surface area contributed by atoms with Crippen molar-refractivity contribution in [3.8, 4) is 39.1 Å². The first kappa shape index (κ1) is 29.5. The standard InChI is InChI=1S/C48H34N2/c1-3-15-35(16-4-1)36-27-31-39(32-28-36)49(38-17-5-2-6-18-38)40-33-29-37(30-34-40)41-19-7-8-20-42(41)43-21-9-12-24-46(43)50-47-25-13-10-22-44(47)45-23-11-14-26-48(45)50/h1-34H. The molecular weight excluding hydrogens is 605 g/mol. The Morgan fingerprint density at radius 3 is 1.32 bits per heavy atom.